The van der Waals surface area contributed by atoms with Crippen LogP contribution in [0, 0.1) is 5.82 Å². The molecule has 15 heavy (non-hydrogen) atoms. The molecule has 1 aliphatic rings. The Morgan fingerprint density at radius 3 is 3.07 bits per heavy atom. The van der Waals surface area contributed by atoms with Crippen molar-refractivity contribution >= 4 is 6.16 Å². The second kappa shape index (κ2) is 3.74. The van der Waals surface area contributed by atoms with E-state index in [0.29, 0.717) is 5.56 Å². The molecule has 0 spiro atoms. The van der Waals surface area contributed by atoms with Crippen LogP contribution in [-0.4, -0.2) is 18.1 Å². The lowest BCUT2D eigenvalue weighted by molar-refractivity contribution is -0.0183. The summed E-state index contributed by atoms with van der Waals surface area (Å²) < 4.78 is 27.4. The van der Waals surface area contributed by atoms with Gasteiger partial charge in [-0.05, 0) is 6.07 Å². The van der Waals surface area contributed by atoms with Crippen LogP contribution in [0.3, 0.4) is 0 Å². The summed E-state index contributed by atoms with van der Waals surface area (Å²) in [7, 11) is 0. The lowest BCUT2D eigenvalue weighted by Crippen LogP contribution is -2.14. The largest absolute Gasteiger partial charge is 0.511 e. The van der Waals surface area contributed by atoms with Gasteiger partial charge in [0.15, 0.2) is 18.3 Å². The van der Waals surface area contributed by atoms with Crippen LogP contribution in [0.5, 0.6) is 11.5 Å². The number of halogens is 1. The van der Waals surface area contributed by atoms with Gasteiger partial charge in [0.05, 0.1) is 6.61 Å². The van der Waals surface area contributed by atoms with E-state index in [0.717, 1.165) is 6.07 Å². The SMILES string of the molecule is O=C(O)Oc1cc(F)cc2c1OCOC2. The van der Waals surface area contributed by atoms with Crippen molar-refractivity contribution in [3.63, 3.8) is 0 Å². The second-order valence-corrected chi connectivity index (χ2v) is 2.87. The van der Waals surface area contributed by atoms with Crippen molar-refractivity contribution in [2.24, 2.45) is 0 Å². The molecule has 0 atom stereocenters. The number of carboxylic acid groups (broad SMARTS) is 1. The highest BCUT2D eigenvalue weighted by molar-refractivity contribution is 5.64. The van der Waals surface area contributed by atoms with Gasteiger partial charge in [-0.25, -0.2) is 9.18 Å². The monoisotopic (exact) mass is 214 g/mol. The van der Waals surface area contributed by atoms with Crippen molar-refractivity contribution in [2.45, 2.75) is 6.61 Å². The number of fused-ring (bicyclic) bond motifs is 1. The van der Waals surface area contributed by atoms with Crippen molar-refractivity contribution in [1.29, 1.82) is 0 Å². The molecule has 0 aromatic heterocycles. The first-order valence-corrected chi connectivity index (χ1v) is 4.10. The smallest absolute Gasteiger partial charge is 0.463 e. The Labute approximate surface area is 84.0 Å². The Kier molecular flexibility index (Phi) is 2.42. The van der Waals surface area contributed by atoms with Gasteiger partial charge in [-0.2, -0.15) is 0 Å². The number of rotatable bonds is 1. The highest BCUT2D eigenvalue weighted by Gasteiger charge is 2.19. The van der Waals surface area contributed by atoms with Gasteiger partial charge in [-0.3, -0.25) is 0 Å². The van der Waals surface area contributed by atoms with Crippen LogP contribution in [0.2, 0.25) is 0 Å². The fourth-order valence-electron chi connectivity index (χ4n) is 1.32. The molecule has 0 saturated carbocycles. The molecule has 6 heteroatoms. The zero-order valence-corrected chi connectivity index (χ0v) is 7.53. The van der Waals surface area contributed by atoms with Crippen LogP contribution in [0.15, 0.2) is 12.1 Å². The minimum absolute atomic E-state index is 0.00535. The predicted molar refractivity (Wildman–Crippen MR) is 45.3 cm³/mol. The van der Waals surface area contributed by atoms with Crippen LogP contribution in [0.1, 0.15) is 5.56 Å². The number of carbonyl (C=O) groups is 1. The molecular formula is C9H7FO5. The minimum atomic E-state index is -1.52. The Morgan fingerprint density at radius 2 is 2.33 bits per heavy atom. The minimum Gasteiger partial charge on any atom is -0.463 e. The van der Waals surface area contributed by atoms with Crippen molar-refractivity contribution in [2.75, 3.05) is 6.79 Å². The Hall–Kier alpha value is -1.82. The van der Waals surface area contributed by atoms with Gasteiger partial charge in [0.1, 0.15) is 5.82 Å². The highest BCUT2D eigenvalue weighted by atomic mass is 19.1. The molecule has 2 rings (SSSR count). The molecule has 0 saturated heterocycles. The van der Waals surface area contributed by atoms with Gasteiger partial charge in [-0.1, -0.05) is 0 Å². The number of hydrogen-bond acceptors (Lipinski definition) is 4. The molecule has 80 valence electrons. The maximum atomic E-state index is 13.0. The lowest BCUT2D eigenvalue weighted by Gasteiger charge is -2.19. The average Bonchev–Trinajstić information content (AvgIpc) is 2.16. The quantitative estimate of drug-likeness (QED) is 0.569. The van der Waals surface area contributed by atoms with Crippen LogP contribution in [0.4, 0.5) is 9.18 Å². The second-order valence-electron chi connectivity index (χ2n) is 2.87. The van der Waals surface area contributed by atoms with Crippen LogP contribution in [-0.2, 0) is 11.3 Å². The third kappa shape index (κ3) is 1.99. The van der Waals surface area contributed by atoms with Crippen molar-refractivity contribution in [3.05, 3.63) is 23.5 Å². The van der Waals surface area contributed by atoms with E-state index in [1.165, 1.54) is 6.07 Å². The average molecular weight is 214 g/mol. The number of hydrogen-bond donors (Lipinski definition) is 1. The van der Waals surface area contributed by atoms with E-state index in [2.05, 4.69) is 4.74 Å². The zero-order valence-electron chi connectivity index (χ0n) is 7.53. The highest BCUT2D eigenvalue weighted by Crippen LogP contribution is 2.35. The molecule has 0 fully saturated rings. The molecule has 1 aromatic carbocycles. The van der Waals surface area contributed by atoms with E-state index in [9.17, 15) is 9.18 Å². The van der Waals surface area contributed by atoms with Gasteiger partial charge in [0.2, 0.25) is 0 Å². The number of ether oxygens (including phenoxy) is 3. The molecule has 1 aromatic rings. The molecule has 0 radical (unpaired) electrons. The molecule has 1 aliphatic heterocycles. The standard InChI is InChI=1S/C9H7FO5/c10-6-1-5-3-13-4-14-8(5)7(2-6)15-9(11)12/h1-2H,3-4H2,(H,11,12). The summed E-state index contributed by atoms with van der Waals surface area (Å²) in [5, 5.41) is 8.43. The molecule has 0 aliphatic carbocycles. The summed E-state index contributed by atoms with van der Waals surface area (Å²) in [6, 6.07) is 2.17. The molecule has 0 bridgehead atoms. The van der Waals surface area contributed by atoms with Gasteiger partial charge in [0, 0.05) is 11.6 Å². The van der Waals surface area contributed by atoms with Crippen molar-refractivity contribution < 1.29 is 28.5 Å². The van der Waals surface area contributed by atoms with Crippen LogP contribution < -0.4 is 9.47 Å². The van der Waals surface area contributed by atoms with Crippen molar-refractivity contribution in [1.82, 2.24) is 0 Å². The van der Waals surface area contributed by atoms with E-state index >= 15 is 0 Å². The summed E-state index contributed by atoms with van der Waals surface area (Å²) in [6.07, 6.45) is -1.52. The first kappa shape index (κ1) is 9.72. The Balaban J connectivity index is 2.43. The predicted octanol–water partition coefficient (Wildman–Crippen LogP) is 1.75. The third-order valence-electron chi connectivity index (χ3n) is 1.84. The van der Waals surface area contributed by atoms with Gasteiger partial charge in [0.25, 0.3) is 0 Å². The fraction of sp³-hybridized carbons (Fsp3) is 0.222. The first-order valence-electron chi connectivity index (χ1n) is 4.10. The van der Waals surface area contributed by atoms with Gasteiger partial charge in [-0.15, -0.1) is 0 Å². The van der Waals surface area contributed by atoms with Crippen LogP contribution >= 0.6 is 0 Å². The Bertz CT molecular complexity index is 404. The molecule has 1 heterocycles. The summed E-state index contributed by atoms with van der Waals surface area (Å²) >= 11 is 0. The molecule has 0 amide bonds. The third-order valence-corrected chi connectivity index (χ3v) is 1.84. The lowest BCUT2D eigenvalue weighted by atomic mass is 10.2. The number of benzene rings is 1. The fourth-order valence-corrected chi connectivity index (χ4v) is 1.32. The molecular weight excluding hydrogens is 207 g/mol. The first-order chi connectivity index (χ1) is 7.16. The summed E-state index contributed by atoms with van der Waals surface area (Å²) in [5.41, 5.74) is 0.428. The summed E-state index contributed by atoms with van der Waals surface area (Å²) in [5.74, 6) is -0.537. The molecule has 0 unspecified atom stereocenters. The maximum Gasteiger partial charge on any atom is 0.511 e. The Morgan fingerprint density at radius 1 is 1.53 bits per heavy atom. The van der Waals surface area contributed by atoms with E-state index in [1.54, 1.807) is 0 Å². The van der Waals surface area contributed by atoms with Crippen LogP contribution in [0.25, 0.3) is 0 Å². The van der Waals surface area contributed by atoms with E-state index in [1.807, 2.05) is 0 Å². The molecule has 1 N–H and O–H groups in total. The maximum absolute atomic E-state index is 13.0. The van der Waals surface area contributed by atoms with E-state index in [-0.39, 0.29) is 24.9 Å². The normalized spacial score (nSPS) is 13.9. The van der Waals surface area contributed by atoms with Gasteiger partial charge >= 0.3 is 6.16 Å². The summed E-state index contributed by atoms with van der Waals surface area (Å²) in [6.45, 7) is 0.164. The molecule has 5 nitrogen and oxygen atoms in total. The van der Waals surface area contributed by atoms with Crippen molar-refractivity contribution in [3.8, 4) is 11.5 Å². The van der Waals surface area contributed by atoms with E-state index in [4.69, 9.17) is 14.6 Å². The topological polar surface area (TPSA) is 65.0 Å². The van der Waals surface area contributed by atoms with Gasteiger partial charge < -0.3 is 19.3 Å². The summed E-state index contributed by atoms with van der Waals surface area (Å²) in [4.78, 5) is 10.3. The van der Waals surface area contributed by atoms with E-state index < -0.39 is 12.0 Å². The zero-order chi connectivity index (χ0) is 10.8.